The molecule has 1 aromatic carbocycles. The van der Waals surface area contributed by atoms with Gasteiger partial charge in [0.25, 0.3) is 5.91 Å². The molecule has 9 heteroatoms. The van der Waals surface area contributed by atoms with Crippen molar-refractivity contribution in [2.24, 2.45) is 5.41 Å². The predicted molar refractivity (Wildman–Crippen MR) is 84.9 cm³/mol. The molecule has 0 radical (unpaired) electrons. The number of para-hydroxylation sites is 1. The largest absolute Gasteiger partial charge is 0.481 e. The maximum Gasteiger partial charge on any atom is 0.406 e. The van der Waals surface area contributed by atoms with E-state index < -0.39 is 36.4 Å². The van der Waals surface area contributed by atoms with Crippen molar-refractivity contribution >= 4 is 11.9 Å². The molecule has 1 fully saturated rings. The molecular weight excluding hydrogens is 351 g/mol. The summed E-state index contributed by atoms with van der Waals surface area (Å²) in [5.41, 5.74) is -1.16. The summed E-state index contributed by atoms with van der Waals surface area (Å²) in [5.74, 6) is -2.63. The van der Waals surface area contributed by atoms with Gasteiger partial charge in [-0.1, -0.05) is 18.2 Å². The monoisotopic (exact) mass is 367 g/mol. The Kier molecular flexibility index (Phi) is 4.25. The van der Waals surface area contributed by atoms with Gasteiger partial charge in [-0.15, -0.1) is 0 Å². The third-order valence-electron chi connectivity index (χ3n) is 4.70. The van der Waals surface area contributed by atoms with Crippen LogP contribution in [0.4, 0.5) is 13.2 Å². The van der Waals surface area contributed by atoms with E-state index >= 15 is 0 Å². The number of rotatable bonds is 3. The number of carbonyl (C=O) groups excluding carboxylic acids is 1. The molecule has 138 valence electrons. The van der Waals surface area contributed by atoms with Gasteiger partial charge in [-0.05, 0) is 25.0 Å². The average molecular weight is 367 g/mol. The number of likely N-dealkylation sites (tertiary alicyclic amines) is 1. The van der Waals surface area contributed by atoms with Gasteiger partial charge in [-0.25, -0.2) is 4.68 Å². The summed E-state index contributed by atoms with van der Waals surface area (Å²) in [6.45, 7) is 0.684. The third-order valence-corrected chi connectivity index (χ3v) is 4.70. The van der Waals surface area contributed by atoms with Gasteiger partial charge >= 0.3 is 12.1 Å². The Morgan fingerprint density at radius 1 is 1.27 bits per heavy atom. The fourth-order valence-electron chi connectivity index (χ4n) is 3.08. The Morgan fingerprint density at radius 3 is 2.54 bits per heavy atom. The Hall–Kier alpha value is -2.84. The second-order valence-electron chi connectivity index (χ2n) is 6.32. The number of hydrogen-bond donors (Lipinski definition) is 1. The van der Waals surface area contributed by atoms with Crippen LogP contribution >= 0.6 is 0 Å². The van der Waals surface area contributed by atoms with E-state index in [0.29, 0.717) is 0 Å². The maximum atomic E-state index is 13.2. The summed E-state index contributed by atoms with van der Waals surface area (Å²) in [7, 11) is 0. The van der Waals surface area contributed by atoms with Crippen LogP contribution in [0, 0.1) is 12.3 Å². The molecule has 0 bridgehead atoms. The number of carboxylic acids is 1. The molecule has 0 aliphatic carbocycles. The number of halogens is 3. The van der Waals surface area contributed by atoms with Crippen molar-refractivity contribution in [2.45, 2.75) is 19.5 Å². The van der Waals surface area contributed by atoms with Crippen molar-refractivity contribution in [3.05, 3.63) is 47.8 Å². The maximum absolute atomic E-state index is 13.2. The van der Waals surface area contributed by atoms with E-state index in [1.54, 1.807) is 12.1 Å². The standard InChI is InChI=1S/C17H16F3N3O3/c1-11-4-2-3-5-13(11)23-9-12(8-21-23)14(24)22-7-6-16(10-22,15(25)26)17(18,19)20/h2-5,8-9H,6-7,10H2,1H3,(H,25,26). The molecule has 1 aromatic heterocycles. The zero-order chi connectivity index (χ0) is 19.1. The number of aromatic nitrogens is 2. The molecule has 3 rings (SSSR count). The minimum absolute atomic E-state index is 0.108. The minimum Gasteiger partial charge on any atom is -0.481 e. The minimum atomic E-state index is -4.93. The first kappa shape index (κ1) is 18.0. The Bertz CT molecular complexity index is 862. The highest BCUT2D eigenvalue weighted by Gasteiger charge is 2.64. The van der Waals surface area contributed by atoms with Crippen molar-refractivity contribution in [2.75, 3.05) is 13.1 Å². The summed E-state index contributed by atoms with van der Waals surface area (Å²) >= 11 is 0. The van der Waals surface area contributed by atoms with Crippen LogP contribution in [0.1, 0.15) is 22.3 Å². The summed E-state index contributed by atoms with van der Waals surface area (Å²) in [4.78, 5) is 24.7. The van der Waals surface area contributed by atoms with Crippen LogP contribution in [0.2, 0.25) is 0 Å². The third kappa shape index (κ3) is 2.83. The van der Waals surface area contributed by atoms with Crippen LogP contribution in [-0.2, 0) is 4.79 Å². The molecular formula is C17H16F3N3O3. The van der Waals surface area contributed by atoms with Gasteiger partial charge in [0, 0.05) is 19.3 Å². The molecule has 1 aliphatic rings. The second kappa shape index (κ2) is 6.15. The number of nitrogens with zero attached hydrogens (tertiary/aromatic N) is 3. The van der Waals surface area contributed by atoms with Crippen molar-refractivity contribution in [3.63, 3.8) is 0 Å². The average Bonchev–Trinajstić information content (AvgIpc) is 3.22. The lowest BCUT2D eigenvalue weighted by Gasteiger charge is -2.27. The molecule has 1 atom stereocenters. The fourth-order valence-corrected chi connectivity index (χ4v) is 3.08. The van der Waals surface area contributed by atoms with Gasteiger partial charge in [-0.2, -0.15) is 18.3 Å². The quantitative estimate of drug-likeness (QED) is 0.905. The fraction of sp³-hybridized carbons (Fsp3) is 0.353. The molecule has 6 nitrogen and oxygen atoms in total. The first-order valence-corrected chi connectivity index (χ1v) is 7.86. The number of alkyl halides is 3. The van der Waals surface area contributed by atoms with Gasteiger partial charge in [0.05, 0.1) is 17.4 Å². The lowest BCUT2D eigenvalue weighted by atomic mass is 9.86. The molecule has 1 saturated heterocycles. The predicted octanol–water partition coefficient (Wildman–Crippen LogP) is 2.66. The zero-order valence-electron chi connectivity index (χ0n) is 13.8. The van der Waals surface area contributed by atoms with Crippen LogP contribution in [0.3, 0.4) is 0 Å². The van der Waals surface area contributed by atoms with E-state index in [0.717, 1.165) is 16.2 Å². The van der Waals surface area contributed by atoms with E-state index in [-0.39, 0.29) is 12.1 Å². The van der Waals surface area contributed by atoms with E-state index in [4.69, 9.17) is 5.11 Å². The SMILES string of the molecule is Cc1ccccc1-n1cc(C(=O)N2CCC(C(=O)O)(C(F)(F)F)C2)cn1. The highest BCUT2D eigenvalue weighted by molar-refractivity contribution is 5.94. The normalized spacial score (nSPS) is 20.4. The molecule has 2 aromatic rings. The Balaban J connectivity index is 1.84. The van der Waals surface area contributed by atoms with E-state index in [2.05, 4.69) is 5.10 Å². The van der Waals surface area contributed by atoms with E-state index in [9.17, 15) is 22.8 Å². The van der Waals surface area contributed by atoms with Crippen LogP contribution in [-0.4, -0.2) is 50.9 Å². The topological polar surface area (TPSA) is 75.4 Å². The second-order valence-corrected chi connectivity index (χ2v) is 6.32. The lowest BCUT2D eigenvalue weighted by Crippen LogP contribution is -2.47. The van der Waals surface area contributed by atoms with Gasteiger partial charge in [0.1, 0.15) is 0 Å². The van der Waals surface area contributed by atoms with Crippen molar-refractivity contribution in [1.29, 1.82) is 0 Å². The number of benzene rings is 1. The van der Waals surface area contributed by atoms with Crippen LogP contribution in [0.5, 0.6) is 0 Å². The highest BCUT2D eigenvalue weighted by atomic mass is 19.4. The zero-order valence-corrected chi connectivity index (χ0v) is 13.8. The molecule has 2 heterocycles. The lowest BCUT2D eigenvalue weighted by molar-refractivity contribution is -0.227. The summed E-state index contributed by atoms with van der Waals surface area (Å²) in [6, 6.07) is 7.31. The smallest absolute Gasteiger partial charge is 0.406 e. The molecule has 1 aliphatic heterocycles. The summed E-state index contributed by atoms with van der Waals surface area (Å²) in [5, 5.41) is 13.2. The number of hydrogen-bond acceptors (Lipinski definition) is 3. The highest BCUT2D eigenvalue weighted by Crippen LogP contribution is 2.46. The van der Waals surface area contributed by atoms with Crippen molar-refractivity contribution in [3.8, 4) is 5.69 Å². The van der Waals surface area contributed by atoms with Crippen molar-refractivity contribution < 1.29 is 27.9 Å². The Labute approximate surface area is 146 Å². The molecule has 0 spiro atoms. The first-order valence-electron chi connectivity index (χ1n) is 7.86. The summed E-state index contributed by atoms with van der Waals surface area (Å²) in [6.07, 6.45) is -2.90. The van der Waals surface area contributed by atoms with Crippen molar-refractivity contribution in [1.82, 2.24) is 14.7 Å². The molecule has 1 N–H and O–H groups in total. The number of carbonyl (C=O) groups is 2. The van der Waals surface area contributed by atoms with Gasteiger partial charge in [0.15, 0.2) is 5.41 Å². The number of aryl methyl sites for hydroxylation is 1. The van der Waals surface area contributed by atoms with Crippen LogP contribution in [0.15, 0.2) is 36.7 Å². The van der Waals surface area contributed by atoms with E-state index in [1.165, 1.54) is 17.1 Å². The van der Waals surface area contributed by atoms with Gasteiger partial charge in [0.2, 0.25) is 0 Å². The molecule has 0 saturated carbocycles. The number of amides is 1. The van der Waals surface area contributed by atoms with Crippen LogP contribution in [0.25, 0.3) is 5.69 Å². The first-order chi connectivity index (χ1) is 12.2. The van der Waals surface area contributed by atoms with E-state index in [1.807, 2.05) is 19.1 Å². The summed E-state index contributed by atoms with van der Waals surface area (Å²) < 4.78 is 41.2. The number of carboxylic acid groups (broad SMARTS) is 1. The number of aliphatic carboxylic acids is 1. The van der Waals surface area contributed by atoms with Gasteiger partial charge in [-0.3, -0.25) is 9.59 Å². The molecule has 1 amide bonds. The molecule has 1 unspecified atom stereocenters. The van der Waals surface area contributed by atoms with Gasteiger partial charge < -0.3 is 10.0 Å². The Morgan fingerprint density at radius 2 is 1.96 bits per heavy atom. The van der Waals surface area contributed by atoms with Crippen LogP contribution < -0.4 is 0 Å². The molecule has 26 heavy (non-hydrogen) atoms.